The fourth-order valence-electron chi connectivity index (χ4n) is 3.93. The molecule has 1 heterocycles. The van der Waals surface area contributed by atoms with Gasteiger partial charge in [0.15, 0.2) is 0 Å². The van der Waals surface area contributed by atoms with Gasteiger partial charge in [-0.3, -0.25) is 5.10 Å². The molecule has 0 amide bonds. The van der Waals surface area contributed by atoms with Crippen LogP contribution in [0.1, 0.15) is 36.9 Å². The number of nitrogens with zero attached hydrogens (tertiary/aromatic N) is 1. The Morgan fingerprint density at radius 2 is 1.79 bits per heavy atom. The lowest BCUT2D eigenvalue weighted by Crippen LogP contribution is -2.17. The molecule has 1 fully saturated rings. The first-order chi connectivity index (χ1) is 13.8. The summed E-state index contributed by atoms with van der Waals surface area (Å²) in [7, 11) is 0. The Hall–Kier alpha value is -2.83. The molecule has 2 aliphatic rings. The van der Waals surface area contributed by atoms with Crippen LogP contribution in [0.2, 0.25) is 0 Å². The Balaban J connectivity index is 1.72. The molecule has 0 atom stereocenters. The minimum Gasteiger partial charge on any atom is -0.405 e. The number of ether oxygens (including phenoxy) is 1. The molecule has 2 aliphatic carbocycles. The van der Waals surface area contributed by atoms with Gasteiger partial charge in [-0.15, -0.1) is 13.2 Å². The lowest BCUT2D eigenvalue weighted by atomic mass is 9.87. The average molecular weight is 404 g/mol. The molecule has 1 aromatic heterocycles. The summed E-state index contributed by atoms with van der Waals surface area (Å²) >= 11 is 0. The molecule has 2 aromatic rings. The Morgan fingerprint density at radius 1 is 1.07 bits per heavy atom. The Kier molecular flexibility index (Phi) is 4.84. The fourth-order valence-corrected chi connectivity index (χ4v) is 3.93. The van der Waals surface area contributed by atoms with Crippen LogP contribution in [0.5, 0.6) is 5.75 Å². The van der Waals surface area contributed by atoms with Gasteiger partial charge in [0.1, 0.15) is 11.6 Å². The zero-order chi connectivity index (χ0) is 20.6. The third kappa shape index (κ3) is 3.86. The molecular weight excluding hydrogens is 384 g/mol. The van der Waals surface area contributed by atoms with Crippen LogP contribution in [0.15, 0.2) is 60.0 Å². The number of hydrogen-bond donors (Lipinski definition) is 1. The van der Waals surface area contributed by atoms with Crippen molar-refractivity contribution in [2.75, 3.05) is 0 Å². The summed E-state index contributed by atoms with van der Waals surface area (Å²) in [6.45, 7) is 1.84. The molecule has 0 bridgehead atoms. The fraction of sp³-hybridized carbons (Fsp3) is 0.318. The van der Waals surface area contributed by atoms with E-state index in [1.807, 2.05) is 6.92 Å². The first-order valence-corrected chi connectivity index (χ1v) is 9.45. The normalized spacial score (nSPS) is 21.4. The quantitative estimate of drug-likeness (QED) is 0.595. The van der Waals surface area contributed by atoms with Crippen molar-refractivity contribution < 1.29 is 22.3 Å². The summed E-state index contributed by atoms with van der Waals surface area (Å²) in [5, 5.41) is 7.37. The third-order valence-corrected chi connectivity index (χ3v) is 5.45. The lowest BCUT2D eigenvalue weighted by Gasteiger charge is -2.18. The second-order valence-electron chi connectivity index (χ2n) is 7.36. The number of rotatable bonds is 4. The van der Waals surface area contributed by atoms with E-state index in [9.17, 15) is 17.6 Å². The van der Waals surface area contributed by atoms with Gasteiger partial charge in [-0.2, -0.15) is 5.10 Å². The second-order valence-corrected chi connectivity index (χ2v) is 7.36. The molecule has 29 heavy (non-hydrogen) atoms. The number of aromatic nitrogens is 2. The Morgan fingerprint density at radius 3 is 2.52 bits per heavy atom. The van der Waals surface area contributed by atoms with Crippen molar-refractivity contribution in [1.29, 1.82) is 0 Å². The molecule has 1 saturated carbocycles. The molecule has 152 valence electrons. The molecule has 0 radical (unpaired) electrons. The van der Waals surface area contributed by atoms with Gasteiger partial charge in [-0.05, 0) is 68.0 Å². The van der Waals surface area contributed by atoms with Gasteiger partial charge in [0.2, 0.25) is 0 Å². The molecule has 4 rings (SSSR count). The maximum Gasteiger partial charge on any atom is 0.573 e. The van der Waals surface area contributed by atoms with Crippen molar-refractivity contribution in [2.24, 2.45) is 0 Å². The van der Waals surface area contributed by atoms with Crippen LogP contribution in [0.4, 0.5) is 17.6 Å². The molecule has 3 nitrogen and oxygen atoms in total. The number of nitrogens with one attached hydrogen (secondary N) is 1. The molecule has 0 aliphatic heterocycles. The Labute approximate surface area is 165 Å². The van der Waals surface area contributed by atoms with E-state index in [2.05, 4.69) is 21.0 Å². The lowest BCUT2D eigenvalue weighted by molar-refractivity contribution is -0.274. The minimum atomic E-state index is -4.78. The summed E-state index contributed by atoms with van der Waals surface area (Å²) in [6, 6.07) is 5.97. The van der Waals surface area contributed by atoms with Crippen LogP contribution in [-0.4, -0.2) is 16.6 Å². The first-order valence-electron chi connectivity index (χ1n) is 9.45. The van der Waals surface area contributed by atoms with E-state index in [0.717, 1.165) is 36.1 Å². The smallest absolute Gasteiger partial charge is 0.405 e. The predicted octanol–water partition coefficient (Wildman–Crippen LogP) is 6.45. The van der Waals surface area contributed by atoms with Crippen molar-refractivity contribution in [2.45, 2.75) is 44.4 Å². The van der Waals surface area contributed by atoms with E-state index in [4.69, 9.17) is 0 Å². The summed E-state index contributed by atoms with van der Waals surface area (Å²) in [4.78, 5) is 0. The highest BCUT2D eigenvalue weighted by molar-refractivity contribution is 5.71. The zero-order valence-corrected chi connectivity index (χ0v) is 15.8. The summed E-state index contributed by atoms with van der Waals surface area (Å²) in [5.41, 5.74) is 3.04. The van der Waals surface area contributed by atoms with E-state index >= 15 is 0 Å². The standard InChI is InChI=1S/C22H20F4N2O/c1-14-19(17-8-4-5-9-18(17)29-22(24,25)26)27-28-20(14)21(12-13-21)15-6-2-3-7-16(23)11-10-15/h4-11H,2-3,12-13H2,1H3,(H,27,28)/b11-10-,15-6+,16-7?. The predicted molar refractivity (Wildman–Crippen MR) is 102 cm³/mol. The van der Waals surface area contributed by atoms with Crippen LogP contribution in [0.25, 0.3) is 11.3 Å². The van der Waals surface area contributed by atoms with Gasteiger partial charge >= 0.3 is 6.36 Å². The van der Waals surface area contributed by atoms with Gasteiger partial charge < -0.3 is 4.74 Å². The van der Waals surface area contributed by atoms with Gasteiger partial charge in [0.25, 0.3) is 0 Å². The monoisotopic (exact) mass is 404 g/mol. The van der Waals surface area contributed by atoms with E-state index in [1.54, 1.807) is 24.3 Å². The second kappa shape index (κ2) is 7.21. The maximum absolute atomic E-state index is 13.7. The van der Waals surface area contributed by atoms with Crippen molar-refractivity contribution in [3.8, 4) is 17.0 Å². The number of para-hydroxylation sites is 1. The molecular formula is C22H20F4N2O. The third-order valence-electron chi connectivity index (χ3n) is 5.45. The van der Waals surface area contributed by atoms with Gasteiger partial charge in [-0.1, -0.05) is 24.3 Å². The minimum absolute atomic E-state index is 0.258. The van der Waals surface area contributed by atoms with E-state index in [0.29, 0.717) is 12.1 Å². The van der Waals surface area contributed by atoms with Crippen LogP contribution in [0, 0.1) is 6.92 Å². The summed E-state index contributed by atoms with van der Waals surface area (Å²) in [5.74, 6) is -0.546. The van der Waals surface area contributed by atoms with E-state index < -0.39 is 6.36 Å². The van der Waals surface area contributed by atoms with E-state index in [1.165, 1.54) is 18.2 Å². The number of benzene rings is 1. The molecule has 1 aromatic carbocycles. The highest BCUT2D eigenvalue weighted by Gasteiger charge is 2.49. The van der Waals surface area contributed by atoms with Gasteiger partial charge in [0.05, 0.1) is 5.69 Å². The first kappa shape index (κ1) is 19.5. The number of halogens is 4. The van der Waals surface area contributed by atoms with Crippen LogP contribution in [-0.2, 0) is 5.41 Å². The van der Waals surface area contributed by atoms with E-state index in [-0.39, 0.29) is 22.6 Å². The van der Waals surface area contributed by atoms with Crippen molar-refractivity contribution >= 4 is 0 Å². The van der Waals surface area contributed by atoms with Crippen molar-refractivity contribution in [1.82, 2.24) is 10.2 Å². The molecule has 0 unspecified atom stereocenters. The maximum atomic E-state index is 13.7. The molecule has 0 spiro atoms. The molecule has 0 saturated heterocycles. The largest absolute Gasteiger partial charge is 0.573 e. The van der Waals surface area contributed by atoms with Crippen LogP contribution < -0.4 is 4.74 Å². The molecule has 7 heteroatoms. The number of allylic oxidation sites excluding steroid dienone is 6. The van der Waals surface area contributed by atoms with Crippen LogP contribution in [0.3, 0.4) is 0 Å². The van der Waals surface area contributed by atoms with Crippen molar-refractivity contribution in [3.05, 3.63) is 71.2 Å². The zero-order valence-electron chi connectivity index (χ0n) is 15.8. The average Bonchev–Trinajstić information content (AvgIpc) is 3.34. The summed E-state index contributed by atoms with van der Waals surface area (Å²) in [6.07, 6.45) is 5.24. The SMILES string of the molecule is Cc1c(-c2ccccc2OC(F)(F)F)n[nH]c1C1(C2=C/CCC=C(F)/C=C\2)CC1. The number of hydrogen-bond acceptors (Lipinski definition) is 2. The van der Waals surface area contributed by atoms with Gasteiger partial charge in [0, 0.05) is 16.7 Å². The number of aromatic amines is 1. The number of alkyl halides is 3. The Bertz CT molecular complexity index is 1010. The van der Waals surface area contributed by atoms with Gasteiger partial charge in [-0.25, -0.2) is 4.39 Å². The van der Waals surface area contributed by atoms with Crippen molar-refractivity contribution in [3.63, 3.8) is 0 Å². The summed E-state index contributed by atoms with van der Waals surface area (Å²) < 4.78 is 56.3. The topological polar surface area (TPSA) is 37.9 Å². The highest BCUT2D eigenvalue weighted by Crippen LogP contribution is 2.55. The number of H-pyrrole nitrogens is 1. The molecule has 1 N–H and O–H groups in total. The highest BCUT2D eigenvalue weighted by atomic mass is 19.4. The van der Waals surface area contributed by atoms with Crippen LogP contribution >= 0.6 is 0 Å².